The van der Waals surface area contributed by atoms with Gasteiger partial charge in [-0.2, -0.15) is 0 Å². The van der Waals surface area contributed by atoms with E-state index in [1.165, 1.54) is 0 Å². The average Bonchev–Trinajstić information content (AvgIpc) is 2.10. The number of thiocarbonyl (C=S) groups is 2. The molecule has 2 N–H and O–H groups in total. The number of allylic oxidation sites excluding steroid dienone is 4. The zero-order valence-corrected chi connectivity index (χ0v) is 12.0. The molecule has 0 atom stereocenters. The SMILES string of the molecule is CC(=S)C=C(C)NCCNC(C)=CC(C)=S. The largest absolute Gasteiger partial charge is 0.387 e. The molecule has 90 valence electrons. The van der Waals surface area contributed by atoms with Crippen molar-refractivity contribution in [3.8, 4) is 0 Å². The minimum atomic E-state index is 0.868. The van der Waals surface area contributed by atoms with Crippen LogP contribution in [0.15, 0.2) is 23.5 Å². The first-order valence-electron chi connectivity index (χ1n) is 5.27. The lowest BCUT2D eigenvalue weighted by atomic mass is 10.3. The van der Waals surface area contributed by atoms with Crippen LogP contribution in [-0.2, 0) is 0 Å². The Hall–Kier alpha value is -0.740. The summed E-state index contributed by atoms with van der Waals surface area (Å²) in [5.41, 5.74) is 2.20. The van der Waals surface area contributed by atoms with Crippen LogP contribution in [0.25, 0.3) is 0 Å². The van der Waals surface area contributed by atoms with Crippen molar-refractivity contribution in [2.45, 2.75) is 27.7 Å². The van der Waals surface area contributed by atoms with Gasteiger partial charge < -0.3 is 10.6 Å². The Kier molecular flexibility index (Phi) is 8.03. The van der Waals surface area contributed by atoms with Gasteiger partial charge in [-0.05, 0) is 39.8 Å². The van der Waals surface area contributed by atoms with Crippen LogP contribution in [0, 0.1) is 0 Å². The van der Waals surface area contributed by atoms with Crippen molar-refractivity contribution in [3.63, 3.8) is 0 Å². The van der Waals surface area contributed by atoms with Gasteiger partial charge in [0.25, 0.3) is 0 Å². The molecule has 0 heterocycles. The van der Waals surface area contributed by atoms with Crippen molar-refractivity contribution in [1.82, 2.24) is 10.6 Å². The molecule has 0 aromatic carbocycles. The number of hydrogen-bond donors (Lipinski definition) is 2. The number of hydrogen-bond acceptors (Lipinski definition) is 4. The van der Waals surface area contributed by atoms with Gasteiger partial charge in [-0.1, -0.05) is 24.4 Å². The van der Waals surface area contributed by atoms with Crippen LogP contribution >= 0.6 is 24.4 Å². The van der Waals surface area contributed by atoms with Gasteiger partial charge in [-0.25, -0.2) is 0 Å². The fourth-order valence-electron chi connectivity index (χ4n) is 1.23. The summed E-state index contributed by atoms with van der Waals surface area (Å²) in [7, 11) is 0. The maximum atomic E-state index is 4.98. The fourth-order valence-corrected chi connectivity index (χ4v) is 1.58. The van der Waals surface area contributed by atoms with Crippen LogP contribution in [0.2, 0.25) is 0 Å². The minimum absolute atomic E-state index is 0.868. The quantitative estimate of drug-likeness (QED) is 0.415. The van der Waals surface area contributed by atoms with Gasteiger partial charge in [0, 0.05) is 34.2 Å². The summed E-state index contributed by atoms with van der Waals surface area (Å²) >= 11 is 9.97. The molecule has 2 nitrogen and oxygen atoms in total. The second kappa shape index (κ2) is 8.42. The van der Waals surface area contributed by atoms with Crippen molar-refractivity contribution >= 4 is 34.2 Å². The number of nitrogens with one attached hydrogen (secondary N) is 2. The highest BCUT2D eigenvalue weighted by Crippen LogP contribution is 1.90. The molecular formula is C12H20N2S2. The van der Waals surface area contributed by atoms with Crippen LogP contribution < -0.4 is 10.6 Å². The van der Waals surface area contributed by atoms with Gasteiger partial charge in [-0.15, -0.1) is 0 Å². The molecule has 0 aliphatic rings. The van der Waals surface area contributed by atoms with E-state index >= 15 is 0 Å². The summed E-state index contributed by atoms with van der Waals surface area (Å²) < 4.78 is 0. The van der Waals surface area contributed by atoms with E-state index in [-0.39, 0.29) is 0 Å². The maximum absolute atomic E-state index is 4.98. The first-order chi connectivity index (χ1) is 7.41. The van der Waals surface area contributed by atoms with E-state index in [2.05, 4.69) is 10.6 Å². The topological polar surface area (TPSA) is 24.1 Å². The van der Waals surface area contributed by atoms with E-state index in [4.69, 9.17) is 24.4 Å². The van der Waals surface area contributed by atoms with Gasteiger partial charge >= 0.3 is 0 Å². The molecule has 0 bridgehead atoms. The molecule has 0 aliphatic carbocycles. The first kappa shape index (κ1) is 15.3. The van der Waals surface area contributed by atoms with Gasteiger partial charge in [0.05, 0.1) is 0 Å². The zero-order chi connectivity index (χ0) is 12.6. The third-order valence-electron chi connectivity index (χ3n) is 1.77. The molecular weight excluding hydrogens is 236 g/mol. The normalized spacial score (nSPS) is 12.2. The Morgan fingerprint density at radius 1 is 0.812 bits per heavy atom. The van der Waals surface area contributed by atoms with Crippen molar-refractivity contribution in [3.05, 3.63) is 23.5 Å². The van der Waals surface area contributed by atoms with Crippen LogP contribution in [0.5, 0.6) is 0 Å². The third-order valence-corrected chi connectivity index (χ3v) is 2.01. The first-order valence-corrected chi connectivity index (χ1v) is 6.09. The highest BCUT2D eigenvalue weighted by molar-refractivity contribution is 7.80. The molecule has 0 rings (SSSR count). The Balaban J connectivity index is 3.77. The molecule has 16 heavy (non-hydrogen) atoms. The molecule has 4 heteroatoms. The van der Waals surface area contributed by atoms with Crippen LogP contribution in [0.4, 0.5) is 0 Å². The molecule has 0 aliphatic heterocycles. The van der Waals surface area contributed by atoms with Crippen molar-refractivity contribution in [2.75, 3.05) is 13.1 Å². The summed E-state index contributed by atoms with van der Waals surface area (Å²) in [4.78, 5) is 1.79. The lowest BCUT2D eigenvalue weighted by Gasteiger charge is -2.09. The Morgan fingerprint density at radius 3 is 1.38 bits per heavy atom. The highest BCUT2D eigenvalue weighted by Gasteiger charge is 1.91. The predicted molar refractivity (Wildman–Crippen MR) is 80.1 cm³/mol. The lowest BCUT2D eigenvalue weighted by molar-refractivity contribution is 0.718. The van der Waals surface area contributed by atoms with E-state index in [9.17, 15) is 0 Å². The molecule has 0 saturated heterocycles. The molecule has 0 amide bonds. The molecule has 0 radical (unpaired) electrons. The lowest BCUT2D eigenvalue weighted by Crippen LogP contribution is -2.25. The summed E-state index contributed by atoms with van der Waals surface area (Å²) in [5, 5.41) is 6.55. The zero-order valence-electron chi connectivity index (χ0n) is 10.4. The minimum Gasteiger partial charge on any atom is -0.387 e. The van der Waals surface area contributed by atoms with Crippen LogP contribution in [-0.4, -0.2) is 22.8 Å². The molecule has 0 aromatic rings. The average molecular weight is 256 g/mol. The van der Waals surface area contributed by atoms with E-state index in [0.717, 1.165) is 34.2 Å². The monoisotopic (exact) mass is 256 g/mol. The van der Waals surface area contributed by atoms with Crippen LogP contribution in [0.3, 0.4) is 0 Å². The van der Waals surface area contributed by atoms with Crippen molar-refractivity contribution < 1.29 is 0 Å². The molecule has 0 aromatic heterocycles. The standard InChI is InChI=1S/C12H20N2S2/c1-9(7-11(3)15)13-5-6-14-10(2)8-12(4)16/h7-8,13-14H,5-6H2,1-4H3. The highest BCUT2D eigenvalue weighted by atomic mass is 32.1. The van der Waals surface area contributed by atoms with Gasteiger partial charge in [0.1, 0.15) is 0 Å². The van der Waals surface area contributed by atoms with Gasteiger partial charge in [-0.3, -0.25) is 0 Å². The molecule has 0 spiro atoms. The fraction of sp³-hybridized carbons (Fsp3) is 0.500. The Morgan fingerprint density at radius 2 is 1.12 bits per heavy atom. The van der Waals surface area contributed by atoms with Gasteiger partial charge in [0.2, 0.25) is 0 Å². The van der Waals surface area contributed by atoms with E-state index in [1.54, 1.807) is 0 Å². The van der Waals surface area contributed by atoms with E-state index in [1.807, 2.05) is 39.8 Å². The summed E-state index contributed by atoms with van der Waals surface area (Å²) in [6, 6.07) is 0. The summed E-state index contributed by atoms with van der Waals surface area (Å²) in [6.07, 6.45) is 3.92. The Labute approximate surface area is 109 Å². The second-order valence-corrected chi connectivity index (χ2v) is 5.02. The molecule has 0 fully saturated rings. The smallest absolute Gasteiger partial charge is 0.0317 e. The molecule has 0 unspecified atom stereocenters. The summed E-state index contributed by atoms with van der Waals surface area (Å²) in [6.45, 7) is 9.58. The Bertz CT molecular complexity index is 285. The molecule has 0 saturated carbocycles. The summed E-state index contributed by atoms with van der Waals surface area (Å²) in [5.74, 6) is 0. The predicted octanol–water partition coefficient (Wildman–Crippen LogP) is 2.75. The van der Waals surface area contributed by atoms with E-state index < -0.39 is 0 Å². The van der Waals surface area contributed by atoms with Crippen molar-refractivity contribution in [2.24, 2.45) is 0 Å². The number of rotatable bonds is 7. The van der Waals surface area contributed by atoms with E-state index in [0.29, 0.717) is 0 Å². The van der Waals surface area contributed by atoms with Crippen molar-refractivity contribution in [1.29, 1.82) is 0 Å². The second-order valence-electron chi connectivity index (χ2n) is 3.73. The van der Waals surface area contributed by atoms with Gasteiger partial charge in [0.15, 0.2) is 0 Å². The third kappa shape index (κ3) is 9.80. The van der Waals surface area contributed by atoms with Crippen LogP contribution in [0.1, 0.15) is 27.7 Å². The maximum Gasteiger partial charge on any atom is 0.0317 e.